The lowest BCUT2D eigenvalue weighted by atomic mass is 9.92. The van der Waals surface area contributed by atoms with E-state index in [9.17, 15) is 29.6 Å². The minimum absolute atomic E-state index is 0.0479. The Balaban J connectivity index is 1.73. The van der Waals surface area contributed by atoms with Crippen LogP contribution in [0.5, 0.6) is 0 Å². The summed E-state index contributed by atoms with van der Waals surface area (Å²) < 4.78 is 0.987. The van der Waals surface area contributed by atoms with Gasteiger partial charge in [-0.1, -0.05) is 0 Å². The molecule has 0 bridgehead atoms. The number of aliphatic carboxylic acids is 1. The maximum Gasteiger partial charge on any atom is 0.308 e. The van der Waals surface area contributed by atoms with Crippen LogP contribution in [0.25, 0.3) is 0 Å². The predicted octanol–water partition coefficient (Wildman–Crippen LogP) is 0.326. The van der Waals surface area contributed by atoms with Gasteiger partial charge in [-0.15, -0.1) is 0 Å². The van der Waals surface area contributed by atoms with E-state index in [1.165, 1.54) is 4.90 Å². The van der Waals surface area contributed by atoms with Crippen LogP contribution >= 0.6 is 0 Å². The average Bonchev–Trinajstić information content (AvgIpc) is 3.27. The fourth-order valence-electron chi connectivity index (χ4n) is 3.29. The van der Waals surface area contributed by atoms with Crippen LogP contribution in [0.3, 0.4) is 0 Å². The van der Waals surface area contributed by atoms with Crippen LogP contribution < -0.4 is 5.56 Å². The molecule has 0 unspecified atom stereocenters. The lowest BCUT2D eigenvalue weighted by Crippen LogP contribution is -2.35. The Bertz CT molecular complexity index is 754. The van der Waals surface area contributed by atoms with E-state index in [1.54, 1.807) is 0 Å². The lowest BCUT2D eigenvalue weighted by Gasteiger charge is -2.17. The van der Waals surface area contributed by atoms with E-state index >= 15 is 0 Å². The lowest BCUT2D eigenvalue weighted by molar-refractivity contribution is -0.385. The zero-order valence-corrected chi connectivity index (χ0v) is 12.8. The van der Waals surface area contributed by atoms with Crippen molar-refractivity contribution in [2.24, 2.45) is 17.8 Å². The average molecular weight is 335 g/mol. The van der Waals surface area contributed by atoms with E-state index in [0.29, 0.717) is 12.5 Å². The number of hydrogen-bond donors (Lipinski definition) is 1. The highest BCUT2D eigenvalue weighted by molar-refractivity contribution is 5.79. The highest BCUT2D eigenvalue weighted by Gasteiger charge is 2.46. The number of carbonyl (C=O) groups is 2. The molecule has 1 saturated heterocycles. The molecule has 2 fully saturated rings. The van der Waals surface area contributed by atoms with Crippen LogP contribution in [0.1, 0.15) is 12.8 Å². The minimum atomic E-state index is -0.908. The Kier molecular flexibility index (Phi) is 4.08. The standard InChI is InChI=1S/C15H17N3O6/c19-13-4-3-10(18(23)24)5-16(13)8-14(20)17-6-11(9-1-2-9)12(7-17)15(21)22/h3-5,9,11-12H,1-2,6-8H2,(H,21,22)/t11-,12+/m1/s1. The maximum atomic E-state index is 12.4. The molecule has 9 heteroatoms. The van der Waals surface area contributed by atoms with Gasteiger partial charge in [0, 0.05) is 25.2 Å². The van der Waals surface area contributed by atoms with E-state index in [4.69, 9.17) is 0 Å². The summed E-state index contributed by atoms with van der Waals surface area (Å²) in [4.78, 5) is 47.2. The molecule has 0 aromatic carbocycles. The molecule has 0 spiro atoms. The molecule has 1 aliphatic carbocycles. The molecule has 1 aliphatic heterocycles. The monoisotopic (exact) mass is 335 g/mol. The summed E-state index contributed by atoms with van der Waals surface area (Å²) in [6.45, 7) is 0.160. The van der Waals surface area contributed by atoms with Gasteiger partial charge in [0.2, 0.25) is 5.91 Å². The Hall–Kier alpha value is -2.71. The molecule has 1 saturated carbocycles. The van der Waals surface area contributed by atoms with Crippen molar-refractivity contribution >= 4 is 17.6 Å². The summed E-state index contributed by atoms with van der Waals surface area (Å²) in [6.07, 6.45) is 3.00. The molecule has 1 amide bonds. The van der Waals surface area contributed by atoms with E-state index in [0.717, 1.165) is 35.7 Å². The van der Waals surface area contributed by atoms with Crippen LogP contribution in [0, 0.1) is 27.9 Å². The van der Waals surface area contributed by atoms with Crippen molar-refractivity contribution in [2.45, 2.75) is 19.4 Å². The molecular formula is C15H17N3O6. The molecule has 1 N–H and O–H groups in total. The van der Waals surface area contributed by atoms with Gasteiger partial charge in [0.15, 0.2) is 0 Å². The van der Waals surface area contributed by atoms with Crippen LogP contribution in [0.15, 0.2) is 23.1 Å². The fraction of sp³-hybridized carbons (Fsp3) is 0.533. The van der Waals surface area contributed by atoms with Crippen molar-refractivity contribution in [3.05, 3.63) is 38.8 Å². The number of nitrogens with zero attached hydrogens (tertiary/aromatic N) is 3. The smallest absolute Gasteiger partial charge is 0.308 e. The summed E-state index contributed by atoms with van der Waals surface area (Å²) in [5.41, 5.74) is -0.787. The summed E-state index contributed by atoms with van der Waals surface area (Å²) in [6, 6.07) is 2.13. The summed E-state index contributed by atoms with van der Waals surface area (Å²) in [5.74, 6) is -1.58. The molecule has 24 heavy (non-hydrogen) atoms. The van der Waals surface area contributed by atoms with Crippen molar-refractivity contribution in [3.63, 3.8) is 0 Å². The number of rotatable bonds is 5. The first kappa shape index (κ1) is 16.2. The molecule has 3 rings (SSSR count). The zero-order chi connectivity index (χ0) is 17.4. The third-order valence-electron chi connectivity index (χ3n) is 4.75. The van der Waals surface area contributed by atoms with Crippen LogP contribution in [-0.2, 0) is 16.1 Å². The summed E-state index contributed by atoms with van der Waals surface area (Å²) >= 11 is 0. The summed E-state index contributed by atoms with van der Waals surface area (Å²) in [7, 11) is 0. The molecule has 1 aromatic heterocycles. The van der Waals surface area contributed by atoms with Crippen LogP contribution in [0.2, 0.25) is 0 Å². The first-order valence-electron chi connectivity index (χ1n) is 7.72. The van der Waals surface area contributed by atoms with Crippen LogP contribution in [-0.4, -0.2) is 44.5 Å². The van der Waals surface area contributed by atoms with Gasteiger partial charge in [-0.3, -0.25) is 29.1 Å². The number of carbonyl (C=O) groups excluding carboxylic acids is 1. The molecular weight excluding hydrogens is 318 g/mol. The van der Waals surface area contributed by atoms with Gasteiger partial charge in [-0.05, 0) is 24.7 Å². The molecule has 2 atom stereocenters. The van der Waals surface area contributed by atoms with Gasteiger partial charge in [0.25, 0.3) is 11.2 Å². The molecule has 2 heterocycles. The molecule has 0 radical (unpaired) electrons. The van der Waals surface area contributed by atoms with E-state index in [-0.39, 0.29) is 24.7 Å². The molecule has 1 aromatic rings. The minimum Gasteiger partial charge on any atom is -0.481 e. The van der Waals surface area contributed by atoms with Gasteiger partial charge in [-0.25, -0.2) is 0 Å². The SMILES string of the molecule is O=C(O)[C@H]1CN(C(=O)Cn2cc([N+](=O)[O-])ccc2=O)C[C@@H]1C1CC1. The van der Waals surface area contributed by atoms with Gasteiger partial charge in [0.05, 0.1) is 17.0 Å². The number of carboxylic acid groups (broad SMARTS) is 1. The number of likely N-dealkylation sites (tertiary alicyclic amines) is 1. The highest BCUT2D eigenvalue weighted by atomic mass is 16.6. The predicted molar refractivity (Wildman–Crippen MR) is 81.3 cm³/mol. The Morgan fingerprint density at radius 1 is 1.29 bits per heavy atom. The van der Waals surface area contributed by atoms with E-state index in [1.807, 2.05) is 0 Å². The number of aromatic nitrogens is 1. The number of pyridine rings is 1. The molecule has 2 aliphatic rings. The van der Waals surface area contributed by atoms with Crippen molar-refractivity contribution in [3.8, 4) is 0 Å². The number of hydrogen-bond acceptors (Lipinski definition) is 5. The molecule has 9 nitrogen and oxygen atoms in total. The molecule has 128 valence electrons. The van der Waals surface area contributed by atoms with E-state index in [2.05, 4.69) is 0 Å². The second-order valence-corrected chi connectivity index (χ2v) is 6.36. The quantitative estimate of drug-likeness (QED) is 0.611. The Morgan fingerprint density at radius 3 is 2.58 bits per heavy atom. The number of carboxylic acids is 1. The van der Waals surface area contributed by atoms with Crippen molar-refractivity contribution in [2.75, 3.05) is 13.1 Å². The summed E-state index contributed by atoms with van der Waals surface area (Å²) in [5, 5.41) is 20.1. The van der Waals surface area contributed by atoms with Crippen molar-refractivity contribution in [1.82, 2.24) is 9.47 Å². The number of nitro groups is 1. The second kappa shape index (κ2) is 6.06. The van der Waals surface area contributed by atoms with Crippen LogP contribution in [0.4, 0.5) is 5.69 Å². The number of amides is 1. The third kappa shape index (κ3) is 3.15. The van der Waals surface area contributed by atoms with E-state index < -0.39 is 28.3 Å². The largest absolute Gasteiger partial charge is 0.481 e. The van der Waals surface area contributed by atoms with Gasteiger partial charge < -0.3 is 10.0 Å². The Labute approximate surface area is 136 Å². The normalized spacial score (nSPS) is 23.2. The Morgan fingerprint density at radius 2 is 2.00 bits per heavy atom. The topological polar surface area (TPSA) is 123 Å². The fourth-order valence-corrected chi connectivity index (χ4v) is 3.29. The zero-order valence-electron chi connectivity index (χ0n) is 12.8. The van der Waals surface area contributed by atoms with Gasteiger partial charge in [0.1, 0.15) is 6.54 Å². The first-order chi connectivity index (χ1) is 11.4. The van der Waals surface area contributed by atoms with Gasteiger partial charge in [-0.2, -0.15) is 0 Å². The van der Waals surface area contributed by atoms with Gasteiger partial charge >= 0.3 is 5.97 Å². The highest BCUT2D eigenvalue weighted by Crippen LogP contribution is 2.44. The maximum absolute atomic E-state index is 12.4. The van der Waals surface area contributed by atoms with Crippen molar-refractivity contribution < 1.29 is 19.6 Å². The first-order valence-corrected chi connectivity index (χ1v) is 7.72. The van der Waals surface area contributed by atoms with Crippen molar-refractivity contribution in [1.29, 1.82) is 0 Å². The third-order valence-corrected chi connectivity index (χ3v) is 4.75. The second-order valence-electron chi connectivity index (χ2n) is 6.36.